The summed E-state index contributed by atoms with van der Waals surface area (Å²) in [6.45, 7) is 11.2. The number of nitrogens with zero attached hydrogens (tertiary/aromatic N) is 1. The number of amides is 1. The lowest BCUT2D eigenvalue weighted by atomic mass is 9.62. The van der Waals surface area contributed by atoms with Gasteiger partial charge in [0, 0.05) is 17.4 Å². The second-order valence-corrected chi connectivity index (χ2v) is 11.7. The van der Waals surface area contributed by atoms with Gasteiger partial charge in [-0.1, -0.05) is 52.4 Å². The lowest BCUT2D eigenvalue weighted by Gasteiger charge is -2.42. The van der Waals surface area contributed by atoms with Crippen LogP contribution in [0.2, 0.25) is 0 Å². The number of nitrogens with one attached hydrogen (secondary N) is 1. The van der Waals surface area contributed by atoms with Crippen LogP contribution in [0.3, 0.4) is 0 Å². The van der Waals surface area contributed by atoms with Gasteiger partial charge in [0.25, 0.3) is 5.91 Å². The molecule has 1 aliphatic carbocycles. The highest BCUT2D eigenvalue weighted by Crippen LogP contribution is 2.46. The zero-order valence-corrected chi connectivity index (χ0v) is 22.4. The Morgan fingerprint density at radius 3 is 2.19 bits per heavy atom. The summed E-state index contributed by atoms with van der Waals surface area (Å²) >= 11 is 1.37. The minimum Gasteiger partial charge on any atom is -0.322 e. The van der Waals surface area contributed by atoms with Gasteiger partial charge in [-0.3, -0.25) is 9.59 Å². The molecule has 1 N–H and O–H groups in total. The third-order valence-corrected chi connectivity index (χ3v) is 8.15. The Labute approximate surface area is 217 Å². The number of aryl methyl sites for hydroxylation is 1. The van der Waals surface area contributed by atoms with Gasteiger partial charge in [-0.05, 0) is 89.2 Å². The molecule has 0 saturated carbocycles. The van der Waals surface area contributed by atoms with Crippen molar-refractivity contribution in [2.45, 2.75) is 69.7 Å². The van der Waals surface area contributed by atoms with E-state index in [9.17, 15) is 14.0 Å². The molecule has 0 atom stereocenters. The molecule has 0 bridgehead atoms. The number of Topliss-reactive ketones (excluding diaryl/α,β-unsaturated/α-hetero) is 1. The Morgan fingerprint density at radius 2 is 1.61 bits per heavy atom. The van der Waals surface area contributed by atoms with E-state index in [1.807, 2.05) is 0 Å². The Hall–Kier alpha value is -2.99. The average molecular weight is 505 g/mol. The number of rotatable bonds is 7. The summed E-state index contributed by atoms with van der Waals surface area (Å²) in [5.74, 6) is -0.309. The number of hydrogen-bond donors (Lipinski definition) is 1. The summed E-state index contributed by atoms with van der Waals surface area (Å²) in [6, 6.07) is 13.4. The van der Waals surface area contributed by atoms with Crippen molar-refractivity contribution in [2.24, 2.45) is 0 Å². The molecule has 6 heteroatoms. The largest absolute Gasteiger partial charge is 0.322 e. The van der Waals surface area contributed by atoms with E-state index in [4.69, 9.17) is 0 Å². The zero-order chi connectivity index (χ0) is 26.1. The van der Waals surface area contributed by atoms with Crippen molar-refractivity contribution in [1.82, 2.24) is 4.98 Å². The number of thioether (sulfide) groups is 1. The van der Waals surface area contributed by atoms with Crippen LogP contribution in [0.5, 0.6) is 0 Å². The first kappa shape index (κ1) is 26.1. The monoisotopic (exact) mass is 504 g/mol. The van der Waals surface area contributed by atoms with Crippen LogP contribution < -0.4 is 5.32 Å². The quantitative estimate of drug-likeness (QED) is 0.270. The van der Waals surface area contributed by atoms with E-state index >= 15 is 0 Å². The van der Waals surface area contributed by atoms with E-state index in [-0.39, 0.29) is 34.1 Å². The van der Waals surface area contributed by atoms with Crippen LogP contribution >= 0.6 is 11.8 Å². The molecule has 4 nitrogen and oxygen atoms in total. The molecule has 0 unspecified atom stereocenters. The van der Waals surface area contributed by atoms with Crippen molar-refractivity contribution in [3.63, 3.8) is 0 Å². The van der Waals surface area contributed by atoms with E-state index in [2.05, 4.69) is 57.1 Å². The summed E-state index contributed by atoms with van der Waals surface area (Å²) in [6.07, 6.45) is 4.55. The maximum absolute atomic E-state index is 13.3. The first-order chi connectivity index (χ1) is 17.0. The van der Waals surface area contributed by atoms with Crippen LogP contribution in [0.4, 0.5) is 10.1 Å². The van der Waals surface area contributed by atoms with Gasteiger partial charge in [0.15, 0.2) is 5.78 Å². The third-order valence-electron chi connectivity index (χ3n) is 7.21. The molecule has 1 aliphatic rings. The van der Waals surface area contributed by atoms with Crippen molar-refractivity contribution in [3.05, 3.63) is 88.4 Å². The van der Waals surface area contributed by atoms with Crippen molar-refractivity contribution < 1.29 is 14.0 Å². The molecule has 188 valence electrons. The summed E-state index contributed by atoms with van der Waals surface area (Å²) in [5, 5.41) is 3.40. The molecule has 36 heavy (non-hydrogen) atoms. The van der Waals surface area contributed by atoms with Gasteiger partial charge in [-0.15, -0.1) is 0 Å². The average Bonchev–Trinajstić information content (AvgIpc) is 2.86. The molecule has 0 fully saturated rings. The number of ketones is 1. The Morgan fingerprint density at radius 1 is 0.972 bits per heavy atom. The highest BCUT2D eigenvalue weighted by Gasteiger charge is 2.38. The highest BCUT2D eigenvalue weighted by atomic mass is 32.2. The van der Waals surface area contributed by atoms with Crippen molar-refractivity contribution in [1.29, 1.82) is 0 Å². The van der Waals surface area contributed by atoms with Gasteiger partial charge in [-0.25, -0.2) is 9.37 Å². The Kier molecular flexibility index (Phi) is 7.37. The molecule has 0 saturated heterocycles. The van der Waals surface area contributed by atoms with Crippen LogP contribution in [-0.2, 0) is 17.3 Å². The number of carbonyl (C=O) groups excluding carboxylic acids is 2. The first-order valence-corrected chi connectivity index (χ1v) is 13.4. The molecule has 2 aromatic carbocycles. The van der Waals surface area contributed by atoms with Gasteiger partial charge in [0.2, 0.25) is 0 Å². The van der Waals surface area contributed by atoms with Crippen LogP contribution in [-0.4, -0.2) is 22.4 Å². The topological polar surface area (TPSA) is 59.1 Å². The number of hydrogen-bond acceptors (Lipinski definition) is 4. The Balaban J connectivity index is 1.46. The molecule has 1 aromatic heterocycles. The van der Waals surface area contributed by atoms with E-state index in [1.165, 1.54) is 53.4 Å². The summed E-state index contributed by atoms with van der Waals surface area (Å²) in [5.41, 5.74) is 5.63. The number of anilines is 1. The first-order valence-electron chi connectivity index (χ1n) is 12.4. The fraction of sp³-hybridized carbons (Fsp3) is 0.367. The number of halogens is 1. The lowest BCUT2D eigenvalue weighted by Crippen LogP contribution is -2.34. The molecular formula is C30H33FN2O2S. The highest BCUT2D eigenvalue weighted by molar-refractivity contribution is 7.99. The van der Waals surface area contributed by atoms with E-state index < -0.39 is 0 Å². The predicted octanol–water partition coefficient (Wildman–Crippen LogP) is 7.36. The second-order valence-electron chi connectivity index (χ2n) is 10.7. The SMILES string of the molecule is CCc1cc2c(cc1C(=O)CSc1ccc(C(=O)Nc3ccc(F)cc3)cn1)C(C)(C)CCC2(C)C. The number of fused-ring (bicyclic) bond motifs is 1. The van der Waals surface area contributed by atoms with Gasteiger partial charge in [0.1, 0.15) is 5.82 Å². The fourth-order valence-corrected chi connectivity index (χ4v) is 5.49. The minimum absolute atomic E-state index is 0.0468. The standard InChI is InChI=1S/C30H33FN2O2S/c1-6-19-15-24-25(30(4,5)14-13-29(24,2)3)16-23(19)26(34)18-36-27-12-7-20(17-32-27)28(35)33-22-10-8-21(31)9-11-22/h7-12,15-17H,6,13-14,18H2,1-5H3,(H,33,35). The molecule has 1 heterocycles. The maximum atomic E-state index is 13.3. The smallest absolute Gasteiger partial charge is 0.257 e. The number of carbonyl (C=O) groups is 2. The molecule has 3 aromatic rings. The number of pyridine rings is 1. The van der Waals surface area contributed by atoms with E-state index in [0.29, 0.717) is 16.3 Å². The van der Waals surface area contributed by atoms with Crippen LogP contribution in [0, 0.1) is 5.82 Å². The maximum Gasteiger partial charge on any atom is 0.257 e. The lowest BCUT2D eigenvalue weighted by molar-refractivity contribution is 0.101. The summed E-state index contributed by atoms with van der Waals surface area (Å²) in [4.78, 5) is 30.1. The van der Waals surface area contributed by atoms with Gasteiger partial charge < -0.3 is 5.32 Å². The molecule has 0 aliphatic heterocycles. The normalized spacial score (nSPS) is 15.7. The van der Waals surface area contributed by atoms with Crippen LogP contribution in [0.25, 0.3) is 0 Å². The number of benzene rings is 2. The summed E-state index contributed by atoms with van der Waals surface area (Å²) < 4.78 is 13.1. The van der Waals surface area contributed by atoms with Crippen molar-refractivity contribution >= 4 is 29.1 Å². The summed E-state index contributed by atoms with van der Waals surface area (Å²) in [7, 11) is 0. The Bertz CT molecular complexity index is 1280. The van der Waals surface area contributed by atoms with Gasteiger partial charge in [-0.2, -0.15) is 0 Å². The third kappa shape index (κ3) is 5.54. The second kappa shape index (κ2) is 10.2. The molecular weight excluding hydrogens is 471 g/mol. The molecule has 0 spiro atoms. The van der Waals surface area contributed by atoms with E-state index in [1.54, 1.807) is 12.1 Å². The van der Waals surface area contributed by atoms with Gasteiger partial charge >= 0.3 is 0 Å². The van der Waals surface area contributed by atoms with Crippen LogP contribution in [0.1, 0.15) is 84.9 Å². The van der Waals surface area contributed by atoms with E-state index in [0.717, 1.165) is 30.4 Å². The minimum atomic E-state index is -0.361. The van der Waals surface area contributed by atoms with Crippen molar-refractivity contribution in [3.8, 4) is 0 Å². The fourth-order valence-electron chi connectivity index (χ4n) is 4.76. The van der Waals surface area contributed by atoms with Crippen molar-refractivity contribution in [2.75, 3.05) is 11.1 Å². The van der Waals surface area contributed by atoms with Crippen LogP contribution in [0.15, 0.2) is 59.8 Å². The molecule has 1 amide bonds. The zero-order valence-electron chi connectivity index (χ0n) is 21.6. The van der Waals surface area contributed by atoms with Gasteiger partial charge in [0.05, 0.1) is 16.3 Å². The predicted molar refractivity (Wildman–Crippen MR) is 145 cm³/mol. The number of aromatic nitrogens is 1. The molecule has 4 rings (SSSR count). The molecule has 0 radical (unpaired) electrons.